The molecule has 3 aliphatic carbocycles. The van der Waals surface area contributed by atoms with Gasteiger partial charge in [0.1, 0.15) is 0 Å². The van der Waals surface area contributed by atoms with Gasteiger partial charge in [-0.15, -0.1) is 6.58 Å². The molecule has 0 heterocycles. The average molecular weight is 495 g/mol. The Morgan fingerprint density at radius 3 is 2.06 bits per heavy atom. The van der Waals surface area contributed by atoms with Gasteiger partial charge in [-0.05, 0) is 124 Å². The van der Waals surface area contributed by atoms with E-state index in [2.05, 4.69) is 37.8 Å². The topological polar surface area (TPSA) is 0 Å². The monoisotopic (exact) mass is 494 g/mol. The molecule has 2 heteroatoms. The largest absolute Gasteiger partial charge is 0.203 e. The van der Waals surface area contributed by atoms with Crippen LogP contribution in [-0.4, -0.2) is 0 Å². The highest BCUT2D eigenvalue weighted by Gasteiger charge is 2.29. The smallest absolute Gasteiger partial charge is 0.166 e. The molecule has 36 heavy (non-hydrogen) atoms. The molecule has 3 aliphatic rings. The van der Waals surface area contributed by atoms with Gasteiger partial charge in [0.25, 0.3) is 0 Å². The van der Waals surface area contributed by atoms with E-state index in [1.54, 1.807) is 0 Å². The van der Waals surface area contributed by atoms with Gasteiger partial charge in [0.05, 0.1) is 0 Å². The van der Waals surface area contributed by atoms with Gasteiger partial charge in [-0.1, -0.05) is 62.6 Å². The first-order valence-electron chi connectivity index (χ1n) is 15.1. The van der Waals surface area contributed by atoms with E-state index in [9.17, 15) is 8.78 Å². The predicted molar refractivity (Wildman–Crippen MR) is 150 cm³/mol. The lowest BCUT2D eigenvalue weighted by molar-refractivity contribution is 0.166. The molecule has 1 aromatic carbocycles. The number of unbranched alkanes of at least 4 members (excludes halogenated alkanes) is 3. The normalized spacial score (nSPS) is 29.3. The van der Waals surface area contributed by atoms with E-state index >= 15 is 0 Å². The van der Waals surface area contributed by atoms with Crippen molar-refractivity contribution >= 4 is 5.57 Å². The Morgan fingerprint density at radius 2 is 1.44 bits per heavy atom. The van der Waals surface area contributed by atoms with E-state index in [-0.39, 0.29) is 0 Å². The average Bonchev–Trinajstić information content (AvgIpc) is 2.93. The van der Waals surface area contributed by atoms with E-state index in [1.165, 1.54) is 51.4 Å². The van der Waals surface area contributed by atoms with Crippen molar-refractivity contribution in [1.29, 1.82) is 0 Å². The second-order valence-corrected chi connectivity index (χ2v) is 11.9. The highest BCUT2D eigenvalue weighted by atomic mass is 19.2. The summed E-state index contributed by atoms with van der Waals surface area (Å²) in [6, 6.07) is 3.63. The van der Waals surface area contributed by atoms with Crippen molar-refractivity contribution in [3.63, 3.8) is 0 Å². The fourth-order valence-electron chi connectivity index (χ4n) is 7.02. The molecule has 0 nitrogen and oxygen atoms in total. The highest BCUT2D eigenvalue weighted by molar-refractivity contribution is 5.67. The molecule has 0 amide bonds. The molecule has 1 unspecified atom stereocenters. The van der Waals surface area contributed by atoms with Gasteiger partial charge in [0.15, 0.2) is 11.6 Å². The number of benzene rings is 1. The number of hydrogen-bond acceptors (Lipinski definition) is 0. The van der Waals surface area contributed by atoms with Crippen molar-refractivity contribution in [2.75, 3.05) is 0 Å². The summed E-state index contributed by atoms with van der Waals surface area (Å²) in [7, 11) is 0. The van der Waals surface area contributed by atoms with Crippen LogP contribution in [0.15, 0.2) is 43.0 Å². The second kappa shape index (κ2) is 13.7. The number of rotatable bonds is 10. The molecule has 0 bridgehead atoms. The zero-order valence-corrected chi connectivity index (χ0v) is 22.6. The summed E-state index contributed by atoms with van der Waals surface area (Å²) in [4.78, 5) is 0. The number of allylic oxidation sites excluding steroid dienone is 5. The molecule has 0 aliphatic heterocycles. The molecule has 2 fully saturated rings. The van der Waals surface area contributed by atoms with Gasteiger partial charge in [0.2, 0.25) is 0 Å². The van der Waals surface area contributed by atoms with Crippen LogP contribution in [-0.2, 0) is 6.42 Å². The van der Waals surface area contributed by atoms with Crippen LogP contribution in [0.5, 0.6) is 0 Å². The maximum absolute atomic E-state index is 14.9. The maximum Gasteiger partial charge on any atom is 0.166 e. The molecule has 2 saturated carbocycles. The molecule has 0 aromatic heterocycles. The fraction of sp³-hybridized carbons (Fsp3) is 0.647. The summed E-state index contributed by atoms with van der Waals surface area (Å²) in [6.45, 7) is 6.15. The Hall–Kier alpha value is -1.70. The standard InChI is InChI=1S/C34H48F2/c1-3-5-6-7-8-31-23-24-32(34(36)33(31)35)30-21-15-27(16-22-30)10-9-26-13-19-29(20-14-26)28-17-11-25(4-2)12-18-28/h4,9-10,21,23-29H,2-3,5-8,11-20,22H2,1H3. The third-order valence-electron chi connectivity index (χ3n) is 9.55. The molecular formula is C34H48F2. The van der Waals surface area contributed by atoms with Crippen LogP contribution in [0.25, 0.3) is 5.57 Å². The molecule has 0 saturated heterocycles. The van der Waals surface area contributed by atoms with Crippen LogP contribution in [0.2, 0.25) is 0 Å². The lowest BCUT2D eigenvalue weighted by Crippen LogP contribution is -2.25. The quantitative estimate of drug-likeness (QED) is 0.224. The van der Waals surface area contributed by atoms with Crippen LogP contribution in [0.1, 0.15) is 114 Å². The van der Waals surface area contributed by atoms with E-state index < -0.39 is 11.6 Å². The van der Waals surface area contributed by atoms with E-state index in [0.717, 1.165) is 74.2 Å². The SMILES string of the molecule is C=CC1CCC(C2CCC(C=CC3CC=C(c4ccc(CCCCCC)c(F)c4F)CC3)CC2)CC1. The van der Waals surface area contributed by atoms with Gasteiger partial charge in [-0.25, -0.2) is 8.78 Å². The minimum Gasteiger partial charge on any atom is -0.203 e. The van der Waals surface area contributed by atoms with Gasteiger partial charge in [0, 0.05) is 5.56 Å². The highest BCUT2D eigenvalue weighted by Crippen LogP contribution is 2.42. The summed E-state index contributed by atoms with van der Waals surface area (Å²) in [6.07, 6.45) is 28.0. The Labute approximate surface area is 219 Å². The lowest BCUT2D eigenvalue weighted by atomic mass is 9.69. The van der Waals surface area contributed by atoms with Crippen molar-refractivity contribution in [3.05, 3.63) is 65.8 Å². The molecule has 1 aromatic rings. The van der Waals surface area contributed by atoms with Crippen LogP contribution in [0, 0.1) is 41.2 Å². The Morgan fingerprint density at radius 1 is 0.778 bits per heavy atom. The zero-order valence-electron chi connectivity index (χ0n) is 22.6. The minimum absolute atomic E-state index is 0.479. The van der Waals surface area contributed by atoms with Crippen molar-refractivity contribution in [3.8, 4) is 0 Å². The molecule has 4 rings (SSSR count). The lowest BCUT2D eigenvalue weighted by Gasteiger charge is -2.37. The number of hydrogen-bond donors (Lipinski definition) is 0. The third kappa shape index (κ3) is 7.20. The van der Waals surface area contributed by atoms with Gasteiger partial charge >= 0.3 is 0 Å². The van der Waals surface area contributed by atoms with Gasteiger partial charge in [-0.2, -0.15) is 0 Å². The van der Waals surface area contributed by atoms with Crippen LogP contribution < -0.4 is 0 Å². The summed E-state index contributed by atoms with van der Waals surface area (Å²) >= 11 is 0. The first kappa shape index (κ1) is 27.3. The number of aryl methyl sites for hydroxylation is 1. The molecule has 0 spiro atoms. The summed E-state index contributed by atoms with van der Waals surface area (Å²) in [5.41, 5.74) is 2.00. The molecule has 198 valence electrons. The van der Waals surface area contributed by atoms with E-state index in [4.69, 9.17) is 0 Å². The molecule has 0 N–H and O–H groups in total. The van der Waals surface area contributed by atoms with Gasteiger partial charge in [-0.3, -0.25) is 0 Å². The molecule has 0 radical (unpaired) electrons. The molecular weight excluding hydrogens is 446 g/mol. The zero-order chi connectivity index (χ0) is 25.3. The Bertz CT molecular complexity index is 894. The summed E-state index contributed by atoms with van der Waals surface area (Å²) in [5, 5.41) is 0. The summed E-state index contributed by atoms with van der Waals surface area (Å²) < 4.78 is 29.6. The van der Waals surface area contributed by atoms with Crippen molar-refractivity contribution < 1.29 is 8.78 Å². The summed E-state index contributed by atoms with van der Waals surface area (Å²) in [5.74, 6) is 2.65. The van der Waals surface area contributed by atoms with Crippen molar-refractivity contribution in [1.82, 2.24) is 0 Å². The first-order chi connectivity index (χ1) is 17.6. The third-order valence-corrected chi connectivity index (χ3v) is 9.55. The van der Waals surface area contributed by atoms with Crippen LogP contribution in [0.4, 0.5) is 8.78 Å². The van der Waals surface area contributed by atoms with Crippen LogP contribution >= 0.6 is 0 Å². The predicted octanol–water partition coefficient (Wildman–Crippen LogP) is 10.6. The maximum atomic E-state index is 14.9. The van der Waals surface area contributed by atoms with Gasteiger partial charge < -0.3 is 0 Å². The van der Waals surface area contributed by atoms with E-state index in [1.807, 2.05) is 12.1 Å². The second-order valence-electron chi connectivity index (χ2n) is 11.9. The Kier molecular flexibility index (Phi) is 10.4. The molecule has 1 atom stereocenters. The fourth-order valence-corrected chi connectivity index (χ4v) is 7.02. The number of halogens is 2. The van der Waals surface area contributed by atoms with Crippen molar-refractivity contribution in [2.24, 2.45) is 29.6 Å². The van der Waals surface area contributed by atoms with Crippen molar-refractivity contribution in [2.45, 2.75) is 110 Å². The van der Waals surface area contributed by atoms with Crippen LogP contribution in [0.3, 0.4) is 0 Å². The Balaban J connectivity index is 1.23. The van der Waals surface area contributed by atoms with E-state index in [0.29, 0.717) is 23.5 Å². The minimum atomic E-state index is -0.641. The first-order valence-corrected chi connectivity index (χ1v) is 15.1.